The van der Waals surface area contributed by atoms with Gasteiger partial charge in [-0.3, -0.25) is 4.79 Å². The van der Waals surface area contributed by atoms with Gasteiger partial charge in [-0.25, -0.2) is 4.79 Å². The molecular weight excluding hydrogens is 268 g/mol. The molecule has 5 heteroatoms. The monoisotopic (exact) mass is 296 g/mol. The highest BCUT2D eigenvalue weighted by Crippen LogP contribution is 2.32. The van der Waals surface area contributed by atoms with E-state index in [0.717, 1.165) is 45.1 Å². The Morgan fingerprint density at radius 1 is 1.05 bits per heavy atom. The first kappa shape index (κ1) is 16.3. The van der Waals surface area contributed by atoms with Gasteiger partial charge in [-0.1, -0.05) is 39.5 Å². The van der Waals surface area contributed by atoms with E-state index in [1.54, 1.807) is 0 Å². The number of amides is 1. The zero-order valence-corrected chi connectivity index (χ0v) is 13.2. The van der Waals surface area contributed by atoms with Crippen molar-refractivity contribution in [2.75, 3.05) is 6.54 Å². The first-order chi connectivity index (χ1) is 9.87. The second kappa shape index (κ2) is 6.34. The van der Waals surface area contributed by atoms with Gasteiger partial charge in [0.2, 0.25) is 5.91 Å². The molecule has 2 fully saturated rings. The Kier molecular flexibility index (Phi) is 4.91. The van der Waals surface area contributed by atoms with Gasteiger partial charge in [-0.05, 0) is 37.6 Å². The Hall–Kier alpha value is -1.10. The topological polar surface area (TPSA) is 78.4 Å². The minimum atomic E-state index is -1.07. The van der Waals surface area contributed by atoms with Crippen LogP contribution in [0.1, 0.15) is 65.2 Å². The summed E-state index contributed by atoms with van der Waals surface area (Å²) in [5.74, 6) is -1.03. The van der Waals surface area contributed by atoms with E-state index >= 15 is 0 Å². The Morgan fingerprint density at radius 3 is 2.19 bits per heavy atom. The Bertz CT molecular complexity index is 398. The van der Waals surface area contributed by atoms with Gasteiger partial charge in [0.05, 0.1) is 6.04 Å². The Balaban J connectivity index is 2.12. The molecule has 2 rings (SSSR count). The quantitative estimate of drug-likeness (QED) is 0.697. The molecule has 2 aliphatic rings. The van der Waals surface area contributed by atoms with Crippen LogP contribution in [0.2, 0.25) is 0 Å². The molecule has 0 radical (unpaired) electrons. The number of hydrogen-bond donors (Lipinski definition) is 3. The van der Waals surface area contributed by atoms with Gasteiger partial charge >= 0.3 is 5.97 Å². The smallest absolute Gasteiger partial charge is 0.329 e. The molecule has 1 amide bonds. The number of aliphatic carboxylic acids is 1. The number of carboxylic acids is 1. The average Bonchev–Trinajstić information content (AvgIpc) is 2.64. The van der Waals surface area contributed by atoms with Crippen LogP contribution in [-0.4, -0.2) is 35.1 Å². The average molecular weight is 296 g/mol. The number of nitrogens with one attached hydrogen (secondary N) is 2. The van der Waals surface area contributed by atoms with Crippen LogP contribution in [0.4, 0.5) is 0 Å². The molecule has 21 heavy (non-hydrogen) atoms. The molecule has 1 saturated heterocycles. The highest BCUT2D eigenvalue weighted by Gasteiger charge is 2.44. The summed E-state index contributed by atoms with van der Waals surface area (Å²) in [5.41, 5.74) is -1.20. The van der Waals surface area contributed by atoms with Crippen molar-refractivity contribution in [3.05, 3.63) is 0 Å². The zero-order chi connectivity index (χ0) is 15.5. The van der Waals surface area contributed by atoms with Crippen LogP contribution in [0, 0.1) is 5.41 Å². The maximum atomic E-state index is 12.7. The van der Waals surface area contributed by atoms with Crippen molar-refractivity contribution < 1.29 is 14.7 Å². The number of piperidine rings is 1. The minimum absolute atomic E-state index is 0.132. The highest BCUT2D eigenvalue weighted by atomic mass is 16.4. The third-order valence-corrected chi connectivity index (χ3v) is 5.12. The molecule has 120 valence electrons. The summed E-state index contributed by atoms with van der Waals surface area (Å²) in [7, 11) is 0. The summed E-state index contributed by atoms with van der Waals surface area (Å²) in [6.45, 7) is 4.97. The van der Waals surface area contributed by atoms with Crippen LogP contribution >= 0.6 is 0 Å². The number of carbonyl (C=O) groups excluding carboxylic acids is 1. The summed E-state index contributed by atoms with van der Waals surface area (Å²) in [6.07, 6.45) is 6.97. The van der Waals surface area contributed by atoms with Gasteiger partial charge < -0.3 is 15.7 Å². The second-order valence-electron chi connectivity index (χ2n) is 7.27. The molecule has 0 aromatic carbocycles. The third-order valence-electron chi connectivity index (χ3n) is 5.12. The highest BCUT2D eigenvalue weighted by molar-refractivity contribution is 5.90. The van der Waals surface area contributed by atoms with Crippen LogP contribution in [0.15, 0.2) is 0 Å². The van der Waals surface area contributed by atoms with Crippen molar-refractivity contribution in [1.29, 1.82) is 0 Å². The molecule has 0 aromatic heterocycles. The molecule has 0 aromatic rings. The summed E-state index contributed by atoms with van der Waals surface area (Å²) in [5, 5.41) is 15.8. The summed E-state index contributed by atoms with van der Waals surface area (Å²) < 4.78 is 0. The number of carboxylic acid groups (broad SMARTS) is 1. The van der Waals surface area contributed by atoms with Crippen LogP contribution in [0.3, 0.4) is 0 Å². The van der Waals surface area contributed by atoms with Crippen molar-refractivity contribution >= 4 is 11.9 Å². The largest absolute Gasteiger partial charge is 0.480 e. The van der Waals surface area contributed by atoms with E-state index in [2.05, 4.69) is 24.5 Å². The molecular formula is C16H28N2O3. The lowest BCUT2D eigenvalue weighted by atomic mass is 9.76. The third kappa shape index (κ3) is 3.57. The molecule has 0 spiro atoms. The summed E-state index contributed by atoms with van der Waals surface area (Å²) in [4.78, 5) is 24.4. The molecule has 5 nitrogen and oxygen atoms in total. The van der Waals surface area contributed by atoms with Crippen LogP contribution in [0.25, 0.3) is 0 Å². The molecule has 1 aliphatic carbocycles. The van der Waals surface area contributed by atoms with Crippen molar-refractivity contribution in [2.24, 2.45) is 5.41 Å². The maximum absolute atomic E-state index is 12.7. The minimum Gasteiger partial charge on any atom is -0.480 e. The van der Waals surface area contributed by atoms with E-state index in [1.807, 2.05) is 0 Å². The first-order valence-corrected chi connectivity index (χ1v) is 8.16. The molecule has 3 N–H and O–H groups in total. The molecule has 1 atom stereocenters. The molecule has 1 heterocycles. The Labute approximate surface area is 126 Å². The lowest BCUT2D eigenvalue weighted by Gasteiger charge is -2.40. The van der Waals surface area contributed by atoms with Crippen molar-refractivity contribution in [3.8, 4) is 0 Å². The molecule has 0 bridgehead atoms. The fourth-order valence-corrected chi connectivity index (χ4v) is 3.69. The van der Waals surface area contributed by atoms with E-state index in [4.69, 9.17) is 0 Å². The second-order valence-corrected chi connectivity index (χ2v) is 7.27. The lowest BCUT2D eigenvalue weighted by Crippen LogP contribution is -2.62. The predicted octanol–water partition coefficient (Wildman–Crippen LogP) is 2.06. The fraction of sp³-hybridized carbons (Fsp3) is 0.875. The zero-order valence-electron chi connectivity index (χ0n) is 13.2. The van der Waals surface area contributed by atoms with E-state index in [0.29, 0.717) is 12.8 Å². The van der Waals surface area contributed by atoms with E-state index in [-0.39, 0.29) is 17.4 Å². The molecule has 1 saturated carbocycles. The maximum Gasteiger partial charge on any atom is 0.329 e. The van der Waals surface area contributed by atoms with E-state index in [1.165, 1.54) is 0 Å². The predicted molar refractivity (Wildman–Crippen MR) is 81.0 cm³/mol. The van der Waals surface area contributed by atoms with Gasteiger partial charge in [0.15, 0.2) is 0 Å². The standard InChI is InChI=1S/C16H28N2O3/c1-15(2)8-7-11-17-12(15)13(19)18-16(14(20)21)9-5-3-4-6-10-16/h12,17H,3-11H2,1-2H3,(H,18,19)(H,20,21). The first-order valence-electron chi connectivity index (χ1n) is 8.16. The van der Waals surface area contributed by atoms with Crippen LogP contribution < -0.4 is 10.6 Å². The molecule has 1 aliphatic heterocycles. The van der Waals surface area contributed by atoms with Gasteiger partial charge in [-0.2, -0.15) is 0 Å². The van der Waals surface area contributed by atoms with Gasteiger partial charge in [0.25, 0.3) is 0 Å². The summed E-state index contributed by atoms with van der Waals surface area (Å²) >= 11 is 0. The van der Waals surface area contributed by atoms with Crippen molar-refractivity contribution in [3.63, 3.8) is 0 Å². The molecule has 1 unspecified atom stereocenters. The number of rotatable bonds is 3. The van der Waals surface area contributed by atoms with Gasteiger partial charge in [0, 0.05) is 0 Å². The normalized spacial score (nSPS) is 28.4. The summed E-state index contributed by atoms with van der Waals surface area (Å²) in [6, 6.07) is -0.300. The lowest BCUT2D eigenvalue weighted by molar-refractivity contribution is -0.149. The van der Waals surface area contributed by atoms with Crippen LogP contribution in [0.5, 0.6) is 0 Å². The number of hydrogen-bond acceptors (Lipinski definition) is 3. The van der Waals surface area contributed by atoms with Crippen LogP contribution in [-0.2, 0) is 9.59 Å². The van der Waals surface area contributed by atoms with Gasteiger partial charge in [0.1, 0.15) is 5.54 Å². The van der Waals surface area contributed by atoms with Crippen molar-refractivity contribution in [1.82, 2.24) is 10.6 Å². The Morgan fingerprint density at radius 2 is 1.67 bits per heavy atom. The number of carbonyl (C=O) groups is 2. The van der Waals surface area contributed by atoms with E-state index < -0.39 is 11.5 Å². The van der Waals surface area contributed by atoms with E-state index in [9.17, 15) is 14.7 Å². The SMILES string of the molecule is CC1(C)CCCNC1C(=O)NC1(C(=O)O)CCCCCC1. The van der Waals surface area contributed by atoms with Gasteiger partial charge in [-0.15, -0.1) is 0 Å². The fourth-order valence-electron chi connectivity index (χ4n) is 3.69. The van der Waals surface area contributed by atoms with Crippen molar-refractivity contribution in [2.45, 2.75) is 76.8 Å².